The first kappa shape index (κ1) is 9.03. The first-order valence-corrected chi connectivity index (χ1v) is 3.52. The van der Waals surface area contributed by atoms with Crippen molar-refractivity contribution in [3.8, 4) is 5.88 Å². The molecule has 12 heavy (non-hydrogen) atoms. The number of aryl methyl sites for hydroxylation is 1. The first-order valence-electron chi connectivity index (χ1n) is 3.52. The number of methoxy groups -OCH3 is 1. The molecular formula is C7H10BNO3. The Morgan fingerprint density at radius 3 is 2.67 bits per heavy atom. The van der Waals surface area contributed by atoms with E-state index in [1.807, 2.05) is 0 Å². The molecule has 0 radical (unpaired) electrons. The molecule has 0 unspecified atom stereocenters. The van der Waals surface area contributed by atoms with Crippen molar-refractivity contribution in [2.45, 2.75) is 6.92 Å². The van der Waals surface area contributed by atoms with Gasteiger partial charge in [-0.1, -0.05) is 0 Å². The van der Waals surface area contributed by atoms with E-state index in [9.17, 15) is 0 Å². The molecule has 64 valence electrons. The molecule has 1 aromatic rings. The molecule has 0 atom stereocenters. The number of ether oxygens (including phenoxy) is 1. The van der Waals surface area contributed by atoms with E-state index in [1.165, 1.54) is 19.4 Å². The monoisotopic (exact) mass is 167 g/mol. The maximum absolute atomic E-state index is 8.90. The zero-order chi connectivity index (χ0) is 9.14. The van der Waals surface area contributed by atoms with Crippen molar-refractivity contribution in [3.63, 3.8) is 0 Å². The number of hydrogen-bond donors (Lipinski definition) is 2. The van der Waals surface area contributed by atoms with E-state index in [0.29, 0.717) is 11.3 Å². The second-order valence-electron chi connectivity index (χ2n) is 2.46. The SMILES string of the molecule is COc1cc(B(O)O)c(C)cn1. The Labute approximate surface area is 71.0 Å². The molecule has 0 bridgehead atoms. The number of aromatic nitrogens is 1. The molecule has 0 saturated heterocycles. The third kappa shape index (κ3) is 1.75. The Morgan fingerprint density at radius 2 is 2.17 bits per heavy atom. The molecule has 4 nitrogen and oxygen atoms in total. The van der Waals surface area contributed by atoms with Gasteiger partial charge in [-0.05, 0) is 17.9 Å². The predicted octanol–water partition coefficient (Wildman–Crippen LogP) is -0.922. The van der Waals surface area contributed by atoms with Crippen molar-refractivity contribution < 1.29 is 14.8 Å². The molecule has 0 saturated carbocycles. The van der Waals surface area contributed by atoms with Gasteiger partial charge in [0, 0.05) is 12.3 Å². The summed E-state index contributed by atoms with van der Waals surface area (Å²) in [6, 6.07) is 1.50. The van der Waals surface area contributed by atoms with Crippen LogP contribution in [0, 0.1) is 6.92 Å². The van der Waals surface area contributed by atoms with Gasteiger partial charge in [0.2, 0.25) is 5.88 Å². The smallest absolute Gasteiger partial charge is 0.481 e. The highest BCUT2D eigenvalue weighted by Gasteiger charge is 2.14. The molecule has 0 spiro atoms. The highest BCUT2D eigenvalue weighted by atomic mass is 16.5. The van der Waals surface area contributed by atoms with Gasteiger partial charge in [-0.15, -0.1) is 0 Å². The molecular weight excluding hydrogens is 157 g/mol. The maximum atomic E-state index is 8.90. The van der Waals surface area contributed by atoms with E-state index in [1.54, 1.807) is 6.92 Å². The minimum atomic E-state index is -1.47. The average Bonchev–Trinajstić information content (AvgIpc) is 2.05. The van der Waals surface area contributed by atoms with Crippen molar-refractivity contribution in [2.24, 2.45) is 0 Å². The third-order valence-electron chi connectivity index (χ3n) is 1.61. The first-order chi connectivity index (χ1) is 5.65. The molecule has 5 heteroatoms. The summed E-state index contributed by atoms with van der Waals surface area (Å²) >= 11 is 0. The quantitative estimate of drug-likeness (QED) is 0.559. The Hall–Kier alpha value is -1.07. The Morgan fingerprint density at radius 1 is 1.50 bits per heavy atom. The van der Waals surface area contributed by atoms with Crippen molar-refractivity contribution in [1.82, 2.24) is 4.98 Å². The van der Waals surface area contributed by atoms with Gasteiger partial charge in [0.05, 0.1) is 7.11 Å². The van der Waals surface area contributed by atoms with E-state index in [-0.39, 0.29) is 0 Å². The maximum Gasteiger partial charge on any atom is 0.488 e. The van der Waals surface area contributed by atoms with E-state index >= 15 is 0 Å². The molecule has 1 heterocycles. The molecule has 0 fully saturated rings. The minimum absolute atomic E-state index is 0.378. The molecule has 0 aromatic carbocycles. The van der Waals surface area contributed by atoms with Crippen LogP contribution in [0.15, 0.2) is 12.3 Å². The lowest BCUT2D eigenvalue weighted by atomic mass is 9.78. The van der Waals surface area contributed by atoms with E-state index < -0.39 is 7.12 Å². The van der Waals surface area contributed by atoms with Crippen molar-refractivity contribution in [2.75, 3.05) is 7.11 Å². The largest absolute Gasteiger partial charge is 0.488 e. The summed E-state index contributed by atoms with van der Waals surface area (Å²) < 4.78 is 4.83. The predicted molar refractivity (Wildman–Crippen MR) is 45.4 cm³/mol. The van der Waals surface area contributed by atoms with Crippen LogP contribution >= 0.6 is 0 Å². The summed E-state index contributed by atoms with van der Waals surface area (Å²) in [5.41, 5.74) is 1.15. The molecule has 0 aliphatic rings. The molecule has 1 aromatic heterocycles. The molecule has 0 aliphatic heterocycles. The number of nitrogens with zero attached hydrogens (tertiary/aromatic N) is 1. The van der Waals surface area contributed by atoms with Gasteiger partial charge in [-0.3, -0.25) is 0 Å². The second kappa shape index (κ2) is 3.56. The van der Waals surface area contributed by atoms with E-state index in [2.05, 4.69) is 4.98 Å². The van der Waals surface area contributed by atoms with Gasteiger partial charge in [-0.25, -0.2) is 4.98 Å². The fourth-order valence-corrected chi connectivity index (χ4v) is 0.909. The van der Waals surface area contributed by atoms with Crippen molar-refractivity contribution in [3.05, 3.63) is 17.8 Å². The molecule has 0 amide bonds. The van der Waals surface area contributed by atoms with Crippen LogP contribution in [0.25, 0.3) is 0 Å². The summed E-state index contributed by atoms with van der Waals surface area (Å²) in [7, 11) is 0.00692. The lowest BCUT2D eigenvalue weighted by Gasteiger charge is -2.05. The fourth-order valence-electron chi connectivity index (χ4n) is 0.909. The minimum Gasteiger partial charge on any atom is -0.481 e. The molecule has 0 aliphatic carbocycles. The lowest BCUT2D eigenvalue weighted by Crippen LogP contribution is -2.32. The van der Waals surface area contributed by atoms with Gasteiger partial charge < -0.3 is 14.8 Å². The van der Waals surface area contributed by atoms with Gasteiger partial charge in [0.25, 0.3) is 0 Å². The highest BCUT2D eigenvalue weighted by Crippen LogP contribution is 2.03. The van der Waals surface area contributed by atoms with Gasteiger partial charge >= 0.3 is 7.12 Å². The highest BCUT2D eigenvalue weighted by molar-refractivity contribution is 6.59. The summed E-state index contributed by atoms with van der Waals surface area (Å²) in [5.74, 6) is 0.378. The van der Waals surface area contributed by atoms with Crippen LogP contribution in [0.4, 0.5) is 0 Å². The van der Waals surface area contributed by atoms with Crippen molar-refractivity contribution in [1.29, 1.82) is 0 Å². The number of pyridine rings is 1. The molecule has 1 rings (SSSR count). The Bertz CT molecular complexity index is 277. The van der Waals surface area contributed by atoms with Crippen LogP contribution in [0.2, 0.25) is 0 Å². The standard InChI is InChI=1S/C7H10BNO3/c1-5-4-9-7(12-2)3-6(5)8(10)11/h3-4,10-11H,1-2H3. The fraction of sp³-hybridized carbons (Fsp3) is 0.286. The third-order valence-corrected chi connectivity index (χ3v) is 1.61. The average molecular weight is 167 g/mol. The van der Waals surface area contributed by atoms with Gasteiger partial charge in [0.1, 0.15) is 0 Å². The van der Waals surface area contributed by atoms with Crippen LogP contribution in [0.1, 0.15) is 5.56 Å². The zero-order valence-corrected chi connectivity index (χ0v) is 6.98. The van der Waals surface area contributed by atoms with Crippen LogP contribution < -0.4 is 10.2 Å². The van der Waals surface area contributed by atoms with Gasteiger partial charge in [-0.2, -0.15) is 0 Å². The number of hydrogen-bond acceptors (Lipinski definition) is 4. The van der Waals surface area contributed by atoms with E-state index in [4.69, 9.17) is 14.8 Å². The normalized spacial score (nSPS) is 9.67. The zero-order valence-electron chi connectivity index (χ0n) is 6.98. The number of rotatable bonds is 2. The molecule has 2 N–H and O–H groups in total. The topological polar surface area (TPSA) is 62.6 Å². The second-order valence-corrected chi connectivity index (χ2v) is 2.46. The van der Waals surface area contributed by atoms with Crippen LogP contribution in [-0.2, 0) is 0 Å². The van der Waals surface area contributed by atoms with Crippen LogP contribution in [0.3, 0.4) is 0 Å². The van der Waals surface area contributed by atoms with Crippen LogP contribution in [0.5, 0.6) is 5.88 Å². The summed E-state index contributed by atoms with van der Waals surface area (Å²) in [6.07, 6.45) is 1.54. The van der Waals surface area contributed by atoms with Crippen molar-refractivity contribution >= 4 is 12.6 Å². The Kier molecular flexibility index (Phi) is 2.67. The summed E-state index contributed by atoms with van der Waals surface area (Å²) in [6.45, 7) is 1.75. The van der Waals surface area contributed by atoms with E-state index in [0.717, 1.165) is 5.56 Å². The van der Waals surface area contributed by atoms with Gasteiger partial charge in [0.15, 0.2) is 0 Å². The lowest BCUT2D eigenvalue weighted by molar-refractivity contribution is 0.396. The summed E-state index contributed by atoms with van der Waals surface area (Å²) in [5, 5.41) is 17.8. The Balaban J connectivity index is 3.08. The summed E-state index contributed by atoms with van der Waals surface area (Å²) in [4.78, 5) is 3.90. The van der Waals surface area contributed by atoms with Crippen LogP contribution in [-0.4, -0.2) is 29.3 Å².